The summed E-state index contributed by atoms with van der Waals surface area (Å²) in [6, 6.07) is 30.3. The van der Waals surface area contributed by atoms with Gasteiger partial charge >= 0.3 is 0 Å². The molecule has 0 aliphatic carbocycles. The van der Waals surface area contributed by atoms with Crippen molar-refractivity contribution in [2.24, 2.45) is 5.92 Å². The predicted molar refractivity (Wildman–Crippen MR) is 179 cm³/mol. The fourth-order valence-corrected chi connectivity index (χ4v) is 6.44. The fourth-order valence-electron chi connectivity index (χ4n) is 4.62. The van der Waals surface area contributed by atoms with Crippen LogP contribution >= 0.6 is 27.5 Å². The van der Waals surface area contributed by atoms with E-state index in [0.717, 1.165) is 19.9 Å². The van der Waals surface area contributed by atoms with Crippen molar-refractivity contribution in [3.63, 3.8) is 0 Å². The van der Waals surface area contributed by atoms with Crippen LogP contribution in [0.3, 0.4) is 0 Å². The standard InChI is InChI=1S/C34H35BrClN3O4S/c1-25(2)22-37-34(41)32(21-26-9-5-3-6-10-26)38(23-27-13-17-29(36)18-14-27)33(40)24-39(30-19-15-28(35)16-20-30)44(42,43)31-11-7-4-8-12-31/h3-20,25,32H,21-24H2,1-2H3,(H,37,41). The average molecular weight is 697 g/mol. The normalized spacial score (nSPS) is 12.0. The van der Waals surface area contributed by atoms with Crippen molar-refractivity contribution in [2.75, 3.05) is 17.4 Å². The van der Waals surface area contributed by atoms with E-state index in [4.69, 9.17) is 11.6 Å². The fraction of sp³-hybridized carbons (Fsp3) is 0.235. The van der Waals surface area contributed by atoms with Crippen molar-refractivity contribution in [3.8, 4) is 0 Å². The number of hydrogen-bond donors (Lipinski definition) is 1. The third-order valence-corrected chi connectivity index (χ3v) is 9.52. The topological polar surface area (TPSA) is 86.8 Å². The molecule has 0 spiro atoms. The second kappa shape index (κ2) is 15.4. The van der Waals surface area contributed by atoms with Gasteiger partial charge in [0.25, 0.3) is 10.0 Å². The zero-order chi connectivity index (χ0) is 31.7. The molecule has 4 aromatic carbocycles. The summed E-state index contributed by atoms with van der Waals surface area (Å²) in [7, 11) is -4.15. The lowest BCUT2D eigenvalue weighted by atomic mass is 10.0. The van der Waals surface area contributed by atoms with Gasteiger partial charge in [0.1, 0.15) is 12.6 Å². The lowest BCUT2D eigenvalue weighted by Crippen LogP contribution is -2.53. The van der Waals surface area contributed by atoms with Crippen LogP contribution in [0.5, 0.6) is 0 Å². The summed E-state index contributed by atoms with van der Waals surface area (Å²) in [5.74, 6) is -0.644. The summed E-state index contributed by atoms with van der Waals surface area (Å²) >= 11 is 9.54. The van der Waals surface area contributed by atoms with E-state index in [1.54, 1.807) is 66.7 Å². The van der Waals surface area contributed by atoms with Gasteiger partial charge in [0, 0.05) is 29.0 Å². The average Bonchev–Trinajstić information content (AvgIpc) is 3.02. The van der Waals surface area contributed by atoms with Gasteiger partial charge in [-0.2, -0.15) is 0 Å². The minimum absolute atomic E-state index is 0.0514. The molecule has 44 heavy (non-hydrogen) atoms. The number of amides is 2. The Kier molecular flexibility index (Phi) is 11.6. The first-order valence-corrected chi connectivity index (χ1v) is 16.8. The minimum Gasteiger partial charge on any atom is -0.354 e. The minimum atomic E-state index is -4.15. The summed E-state index contributed by atoms with van der Waals surface area (Å²) in [4.78, 5) is 29.7. The number of nitrogens with zero attached hydrogens (tertiary/aromatic N) is 2. The van der Waals surface area contributed by atoms with E-state index in [0.29, 0.717) is 17.3 Å². The zero-order valence-electron chi connectivity index (χ0n) is 24.6. The smallest absolute Gasteiger partial charge is 0.264 e. The number of carbonyl (C=O) groups excluding carboxylic acids is 2. The van der Waals surface area contributed by atoms with Crippen LogP contribution < -0.4 is 9.62 Å². The maximum Gasteiger partial charge on any atom is 0.264 e. The van der Waals surface area contributed by atoms with Crippen molar-refractivity contribution in [1.29, 1.82) is 0 Å². The lowest BCUT2D eigenvalue weighted by molar-refractivity contribution is -0.140. The van der Waals surface area contributed by atoms with E-state index >= 15 is 0 Å². The summed E-state index contributed by atoms with van der Waals surface area (Å²) in [5.41, 5.74) is 1.94. The van der Waals surface area contributed by atoms with Crippen molar-refractivity contribution in [1.82, 2.24) is 10.2 Å². The van der Waals surface area contributed by atoms with E-state index in [1.165, 1.54) is 17.0 Å². The first kappa shape index (κ1) is 33.2. The second-order valence-electron chi connectivity index (χ2n) is 10.8. The van der Waals surface area contributed by atoms with Crippen molar-refractivity contribution < 1.29 is 18.0 Å². The molecule has 1 atom stereocenters. The van der Waals surface area contributed by atoms with E-state index < -0.39 is 28.5 Å². The number of halogens is 2. The number of hydrogen-bond acceptors (Lipinski definition) is 4. The molecular formula is C34H35BrClN3O4S. The quantitative estimate of drug-likeness (QED) is 0.168. The van der Waals surface area contributed by atoms with Crippen LogP contribution in [0.4, 0.5) is 5.69 Å². The number of anilines is 1. The first-order valence-electron chi connectivity index (χ1n) is 14.2. The van der Waals surface area contributed by atoms with Gasteiger partial charge in [0.2, 0.25) is 11.8 Å². The van der Waals surface area contributed by atoms with Crippen LogP contribution in [-0.2, 0) is 32.6 Å². The molecule has 0 aromatic heterocycles. The third-order valence-electron chi connectivity index (χ3n) is 6.95. The summed E-state index contributed by atoms with van der Waals surface area (Å²) in [6.45, 7) is 3.97. The van der Waals surface area contributed by atoms with Gasteiger partial charge < -0.3 is 10.2 Å². The highest BCUT2D eigenvalue weighted by molar-refractivity contribution is 9.10. The Bertz CT molecular complexity index is 1640. The van der Waals surface area contributed by atoms with Crippen LogP contribution in [0.2, 0.25) is 5.02 Å². The molecule has 0 saturated carbocycles. The summed E-state index contributed by atoms with van der Waals surface area (Å²) < 4.78 is 29.8. The molecule has 0 bridgehead atoms. The molecule has 4 aromatic rings. The second-order valence-corrected chi connectivity index (χ2v) is 14.0. The van der Waals surface area contributed by atoms with Gasteiger partial charge in [0.05, 0.1) is 10.6 Å². The van der Waals surface area contributed by atoms with Gasteiger partial charge in [-0.15, -0.1) is 0 Å². The van der Waals surface area contributed by atoms with Crippen LogP contribution in [0, 0.1) is 5.92 Å². The molecule has 0 aliphatic rings. The molecule has 230 valence electrons. The Labute approximate surface area is 273 Å². The highest BCUT2D eigenvalue weighted by Crippen LogP contribution is 2.26. The summed E-state index contributed by atoms with van der Waals surface area (Å²) in [5, 5.41) is 3.53. The Hall–Kier alpha value is -3.66. The Balaban J connectivity index is 1.78. The molecule has 2 amide bonds. The van der Waals surface area contributed by atoms with E-state index in [2.05, 4.69) is 21.2 Å². The molecule has 10 heteroatoms. The molecule has 0 saturated heterocycles. The SMILES string of the molecule is CC(C)CNC(=O)C(Cc1ccccc1)N(Cc1ccc(Cl)cc1)C(=O)CN(c1ccc(Br)cc1)S(=O)(=O)c1ccccc1. The van der Waals surface area contributed by atoms with Crippen LogP contribution in [-0.4, -0.2) is 44.3 Å². The molecule has 1 unspecified atom stereocenters. The largest absolute Gasteiger partial charge is 0.354 e. The number of carbonyl (C=O) groups is 2. The number of nitrogens with one attached hydrogen (secondary N) is 1. The first-order chi connectivity index (χ1) is 21.0. The van der Waals surface area contributed by atoms with E-state index in [9.17, 15) is 18.0 Å². The lowest BCUT2D eigenvalue weighted by Gasteiger charge is -2.34. The van der Waals surface area contributed by atoms with Crippen molar-refractivity contribution in [3.05, 3.63) is 130 Å². The van der Waals surface area contributed by atoms with Crippen molar-refractivity contribution in [2.45, 2.75) is 37.8 Å². The van der Waals surface area contributed by atoms with Gasteiger partial charge in [-0.3, -0.25) is 13.9 Å². The van der Waals surface area contributed by atoms with Gasteiger partial charge in [0.15, 0.2) is 0 Å². The molecule has 0 heterocycles. The molecule has 7 nitrogen and oxygen atoms in total. The van der Waals surface area contributed by atoms with Crippen LogP contribution in [0.25, 0.3) is 0 Å². The number of sulfonamides is 1. The molecular weight excluding hydrogens is 662 g/mol. The Morgan fingerprint density at radius 2 is 1.41 bits per heavy atom. The maximum atomic E-state index is 14.4. The highest BCUT2D eigenvalue weighted by Gasteiger charge is 2.34. The van der Waals surface area contributed by atoms with Gasteiger partial charge in [-0.25, -0.2) is 8.42 Å². The van der Waals surface area contributed by atoms with Gasteiger partial charge in [-0.05, 0) is 65.6 Å². The highest BCUT2D eigenvalue weighted by atomic mass is 79.9. The molecule has 0 aliphatic heterocycles. The van der Waals surface area contributed by atoms with E-state index in [-0.39, 0.29) is 29.7 Å². The Morgan fingerprint density at radius 1 is 0.818 bits per heavy atom. The van der Waals surface area contributed by atoms with Gasteiger partial charge in [-0.1, -0.05) is 102 Å². The zero-order valence-corrected chi connectivity index (χ0v) is 27.7. The van der Waals surface area contributed by atoms with Crippen LogP contribution in [0.15, 0.2) is 119 Å². The number of benzene rings is 4. The molecule has 0 radical (unpaired) electrons. The van der Waals surface area contributed by atoms with Crippen molar-refractivity contribution >= 4 is 55.1 Å². The van der Waals surface area contributed by atoms with E-state index in [1.807, 2.05) is 44.2 Å². The Morgan fingerprint density at radius 3 is 2.00 bits per heavy atom. The third kappa shape index (κ3) is 8.94. The van der Waals surface area contributed by atoms with Crippen LogP contribution in [0.1, 0.15) is 25.0 Å². The molecule has 4 rings (SSSR count). The number of rotatable bonds is 13. The molecule has 0 fully saturated rings. The monoisotopic (exact) mass is 695 g/mol. The maximum absolute atomic E-state index is 14.4. The molecule has 1 N–H and O–H groups in total. The summed E-state index contributed by atoms with van der Waals surface area (Å²) in [6.07, 6.45) is 0.244. The predicted octanol–water partition coefficient (Wildman–Crippen LogP) is 6.71.